The van der Waals surface area contributed by atoms with Crippen LogP contribution in [0, 0.1) is 5.92 Å². The van der Waals surface area contributed by atoms with Crippen LogP contribution in [0.15, 0.2) is 88.6 Å². The summed E-state index contributed by atoms with van der Waals surface area (Å²) in [6.07, 6.45) is 0. The molecule has 3 aromatic carbocycles. The third-order valence-electron chi connectivity index (χ3n) is 8.03. The largest absolute Gasteiger partial charge is 0.117 e. The second-order valence-corrected chi connectivity index (χ2v) is 24.1. The molecule has 36 heavy (non-hydrogen) atoms. The minimum atomic E-state index is -1.43. The van der Waals surface area contributed by atoms with Crippen molar-refractivity contribution in [3.05, 3.63) is 88.6 Å². The summed E-state index contributed by atoms with van der Waals surface area (Å²) in [6, 6.07) is 25.9. The maximum absolute atomic E-state index is 2.50. The van der Waals surface area contributed by atoms with Crippen molar-refractivity contribution in [1.82, 2.24) is 0 Å². The van der Waals surface area contributed by atoms with Crippen LogP contribution in [0.25, 0.3) is 22.3 Å². The molecule has 1 aliphatic rings. The molecule has 0 aromatic heterocycles. The molecule has 0 heterocycles. The first-order chi connectivity index (χ1) is 16.8. The summed E-state index contributed by atoms with van der Waals surface area (Å²) in [7, 11) is -2.16. The van der Waals surface area contributed by atoms with E-state index in [0.29, 0.717) is 15.4 Å². The molecule has 0 saturated carbocycles. The average Bonchev–Trinajstić information content (AvgIpc) is 3.01. The molecule has 1 unspecified atom stereocenters. The van der Waals surface area contributed by atoms with E-state index < -0.39 is 16.1 Å². The summed E-state index contributed by atoms with van der Waals surface area (Å²) >= 11 is 0. The van der Waals surface area contributed by atoms with Gasteiger partial charge >= 0.3 is 0 Å². The SMILES string of the molecule is CC1=C(C)C(C)C([Si]c2cccc(-c3cccc([Si](C)(C)C)c3)c2-c2cccc([Si](C)(C)C)c2)=C1C. The van der Waals surface area contributed by atoms with Crippen molar-refractivity contribution in [2.75, 3.05) is 0 Å². The normalized spacial score (nSPS) is 16.8. The Labute approximate surface area is 224 Å². The highest BCUT2D eigenvalue weighted by Gasteiger charge is 2.26. The lowest BCUT2D eigenvalue weighted by atomic mass is 9.94. The Morgan fingerprint density at radius 3 is 1.69 bits per heavy atom. The van der Waals surface area contributed by atoms with Crippen molar-refractivity contribution in [2.45, 2.75) is 67.0 Å². The van der Waals surface area contributed by atoms with Crippen LogP contribution in [-0.2, 0) is 0 Å². The molecule has 2 radical (unpaired) electrons. The van der Waals surface area contributed by atoms with E-state index in [4.69, 9.17) is 0 Å². The van der Waals surface area contributed by atoms with Gasteiger partial charge in [0.25, 0.3) is 0 Å². The molecule has 0 spiro atoms. The van der Waals surface area contributed by atoms with Gasteiger partial charge in [-0.2, -0.15) is 0 Å². The van der Waals surface area contributed by atoms with E-state index in [1.54, 1.807) is 5.20 Å². The minimum absolute atomic E-state index is 0.531. The summed E-state index contributed by atoms with van der Waals surface area (Å²) in [6.45, 7) is 24.0. The fourth-order valence-corrected chi connectivity index (χ4v) is 9.26. The number of hydrogen-bond donors (Lipinski definition) is 0. The van der Waals surface area contributed by atoms with Crippen LogP contribution in [0.4, 0.5) is 0 Å². The molecule has 0 bridgehead atoms. The van der Waals surface area contributed by atoms with Gasteiger partial charge in [0.2, 0.25) is 0 Å². The molecule has 3 heteroatoms. The number of rotatable bonds is 6. The fourth-order valence-electron chi connectivity index (χ4n) is 5.21. The van der Waals surface area contributed by atoms with Crippen molar-refractivity contribution >= 4 is 41.2 Å². The third kappa shape index (κ3) is 5.25. The highest BCUT2D eigenvalue weighted by atomic mass is 28.3. The molecule has 0 fully saturated rings. The summed E-state index contributed by atoms with van der Waals surface area (Å²) in [5, 5.41) is 6.13. The van der Waals surface area contributed by atoms with Gasteiger partial charge in [-0.15, -0.1) is 0 Å². The Hall–Kier alpha value is -2.21. The molecule has 4 rings (SSSR count). The molecular formula is C33H42Si3. The number of benzene rings is 3. The molecule has 0 N–H and O–H groups in total. The zero-order chi connectivity index (χ0) is 26.4. The summed E-state index contributed by atoms with van der Waals surface area (Å²) in [5.41, 5.74) is 10.1. The van der Waals surface area contributed by atoms with E-state index in [-0.39, 0.29) is 0 Å². The summed E-state index contributed by atoms with van der Waals surface area (Å²) in [5.74, 6) is 0.531. The summed E-state index contributed by atoms with van der Waals surface area (Å²) < 4.78 is 0. The van der Waals surface area contributed by atoms with Gasteiger partial charge in [0.05, 0.1) is 16.1 Å². The number of hydrogen-bond acceptors (Lipinski definition) is 0. The van der Waals surface area contributed by atoms with Crippen LogP contribution >= 0.6 is 0 Å². The Balaban J connectivity index is 1.95. The quantitative estimate of drug-likeness (QED) is 0.291. The van der Waals surface area contributed by atoms with Gasteiger partial charge in [-0.1, -0.05) is 145 Å². The third-order valence-corrected chi connectivity index (χ3v) is 13.9. The van der Waals surface area contributed by atoms with Gasteiger partial charge in [0, 0.05) is 0 Å². The van der Waals surface area contributed by atoms with Crippen molar-refractivity contribution < 1.29 is 0 Å². The van der Waals surface area contributed by atoms with Crippen molar-refractivity contribution in [2.24, 2.45) is 5.92 Å². The maximum Gasteiger partial charge on any atom is 0.117 e. The predicted molar refractivity (Wildman–Crippen MR) is 169 cm³/mol. The molecular weight excluding hydrogens is 481 g/mol. The van der Waals surface area contributed by atoms with E-state index in [1.165, 1.54) is 54.5 Å². The van der Waals surface area contributed by atoms with Crippen LogP contribution in [0.5, 0.6) is 0 Å². The summed E-state index contributed by atoms with van der Waals surface area (Å²) in [4.78, 5) is 0. The first-order valence-electron chi connectivity index (χ1n) is 13.3. The van der Waals surface area contributed by atoms with E-state index in [2.05, 4.69) is 134 Å². The highest BCUT2D eigenvalue weighted by molar-refractivity contribution is 6.89. The van der Waals surface area contributed by atoms with Gasteiger partial charge in [-0.05, 0) is 54.5 Å². The Morgan fingerprint density at radius 2 is 1.17 bits per heavy atom. The van der Waals surface area contributed by atoms with Crippen LogP contribution in [0.1, 0.15) is 27.7 Å². The van der Waals surface area contributed by atoms with E-state index in [9.17, 15) is 0 Å². The zero-order valence-electron chi connectivity index (χ0n) is 23.9. The van der Waals surface area contributed by atoms with Gasteiger partial charge in [-0.25, -0.2) is 0 Å². The molecule has 0 aliphatic heterocycles. The average molecular weight is 523 g/mol. The monoisotopic (exact) mass is 522 g/mol. The molecule has 0 amide bonds. The topological polar surface area (TPSA) is 0 Å². The smallest absolute Gasteiger partial charge is 0.0695 e. The zero-order valence-corrected chi connectivity index (χ0v) is 26.9. The second kappa shape index (κ2) is 9.92. The second-order valence-electron chi connectivity index (χ2n) is 12.6. The molecule has 0 saturated heterocycles. The maximum atomic E-state index is 2.50. The van der Waals surface area contributed by atoms with E-state index in [0.717, 1.165) is 0 Å². The van der Waals surface area contributed by atoms with Crippen LogP contribution in [0.3, 0.4) is 0 Å². The Kier molecular flexibility index (Phi) is 7.40. The first kappa shape index (κ1) is 26.8. The molecule has 3 aromatic rings. The van der Waals surface area contributed by atoms with Crippen LogP contribution in [0.2, 0.25) is 39.3 Å². The van der Waals surface area contributed by atoms with Crippen LogP contribution in [-0.4, -0.2) is 25.7 Å². The standard InChI is InChI=1S/C33H42Si3/c1-22-23(2)25(4)33(24(22)3)34-31-19-13-18-30(26-14-11-16-28(20-26)35(5,6)7)32(31)27-15-12-17-29(21-27)36(8,9)10/h11-21,24H,1-10H3. The van der Waals surface area contributed by atoms with Gasteiger partial charge in [0.1, 0.15) is 9.52 Å². The van der Waals surface area contributed by atoms with Gasteiger partial charge < -0.3 is 0 Å². The lowest BCUT2D eigenvalue weighted by Gasteiger charge is -2.22. The van der Waals surface area contributed by atoms with Gasteiger partial charge in [0.15, 0.2) is 0 Å². The number of allylic oxidation sites excluding steroid dienone is 4. The molecule has 1 aliphatic carbocycles. The minimum Gasteiger partial charge on any atom is -0.0695 e. The van der Waals surface area contributed by atoms with Crippen molar-refractivity contribution in [3.8, 4) is 22.3 Å². The molecule has 186 valence electrons. The molecule has 1 atom stereocenters. The Bertz CT molecular complexity index is 1360. The predicted octanol–water partition coefficient (Wildman–Crippen LogP) is 7.70. The van der Waals surface area contributed by atoms with E-state index >= 15 is 0 Å². The highest BCUT2D eigenvalue weighted by Crippen LogP contribution is 2.37. The first-order valence-corrected chi connectivity index (χ1v) is 21.3. The van der Waals surface area contributed by atoms with Crippen molar-refractivity contribution in [1.29, 1.82) is 0 Å². The van der Waals surface area contributed by atoms with Crippen LogP contribution < -0.4 is 15.6 Å². The molecule has 0 nitrogen and oxygen atoms in total. The fraction of sp³-hybridized carbons (Fsp3) is 0.333. The van der Waals surface area contributed by atoms with Gasteiger partial charge in [-0.3, -0.25) is 0 Å². The Morgan fingerprint density at radius 1 is 0.639 bits per heavy atom. The lowest BCUT2D eigenvalue weighted by molar-refractivity contribution is 0.856. The lowest BCUT2D eigenvalue weighted by Crippen LogP contribution is -2.37. The van der Waals surface area contributed by atoms with Crippen molar-refractivity contribution in [3.63, 3.8) is 0 Å². The van der Waals surface area contributed by atoms with E-state index in [1.807, 2.05) is 0 Å².